The summed E-state index contributed by atoms with van der Waals surface area (Å²) in [5.41, 5.74) is 2.59. The third-order valence-electron chi connectivity index (χ3n) is 4.08. The molecule has 1 heterocycles. The number of likely N-dealkylation sites (tertiary alicyclic amines) is 1. The Bertz CT molecular complexity index is 529. The highest BCUT2D eigenvalue weighted by atomic mass is 32.1. The summed E-state index contributed by atoms with van der Waals surface area (Å²) in [5, 5.41) is 0. The first kappa shape index (κ1) is 16.0. The number of aryl methyl sites for hydroxylation is 1. The Hall–Kier alpha value is -1.42. The maximum absolute atomic E-state index is 11.4. The zero-order chi connectivity index (χ0) is 15.4. The topological polar surface area (TPSA) is 29.5 Å². The van der Waals surface area contributed by atoms with Crippen LogP contribution in [0.2, 0.25) is 0 Å². The van der Waals surface area contributed by atoms with Crippen LogP contribution in [0.5, 0.6) is 0 Å². The molecule has 114 valence electrons. The Balaban J connectivity index is 2.11. The Labute approximate surface area is 132 Å². The van der Waals surface area contributed by atoms with E-state index in [1.807, 2.05) is 6.92 Å². The van der Waals surface area contributed by atoms with Gasteiger partial charge in [-0.1, -0.05) is 49.0 Å². The summed E-state index contributed by atoms with van der Waals surface area (Å²) in [6.07, 6.45) is 2.62. The lowest BCUT2D eigenvalue weighted by Gasteiger charge is -2.30. The molecule has 0 aliphatic carbocycles. The van der Waals surface area contributed by atoms with Gasteiger partial charge >= 0.3 is 5.97 Å². The van der Waals surface area contributed by atoms with Crippen LogP contribution in [-0.2, 0) is 9.53 Å². The number of hydrogen-bond donors (Lipinski definition) is 0. The van der Waals surface area contributed by atoms with Crippen molar-refractivity contribution in [1.82, 2.24) is 4.90 Å². The monoisotopic (exact) mass is 305 g/mol. The van der Waals surface area contributed by atoms with Crippen LogP contribution < -0.4 is 0 Å². The fourth-order valence-corrected chi connectivity index (χ4v) is 3.26. The summed E-state index contributed by atoms with van der Waals surface area (Å²) >= 11 is 5.63. The van der Waals surface area contributed by atoms with E-state index in [9.17, 15) is 4.79 Å². The predicted molar refractivity (Wildman–Crippen MR) is 88.3 cm³/mol. The normalized spacial score (nSPS) is 19.4. The molecule has 0 spiro atoms. The molecule has 1 fully saturated rings. The number of benzene rings is 1. The molecule has 1 aromatic rings. The molecule has 3 nitrogen and oxygen atoms in total. The number of methoxy groups -OCH3 is 1. The van der Waals surface area contributed by atoms with Gasteiger partial charge in [0.1, 0.15) is 0 Å². The van der Waals surface area contributed by atoms with E-state index in [-0.39, 0.29) is 11.9 Å². The zero-order valence-corrected chi connectivity index (χ0v) is 13.8. The number of nitrogens with zero attached hydrogens (tertiary/aromatic N) is 1. The number of hydrogen-bond acceptors (Lipinski definition) is 3. The fourth-order valence-electron chi connectivity index (χ4n) is 2.96. The maximum Gasteiger partial charge on any atom is 0.306 e. The average Bonchev–Trinajstić information content (AvgIpc) is 2.95. The Morgan fingerprint density at radius 3 is 2.95 bits per heavy atom. The summed E-state index contributed by atoms with van der Waals surface area (Å²) in [4.78, 5) is 14.6. The summed E-state index contributed by atoms with van der Waals surface area (Å²) in [6, 6.07) is 8.96. The number of carbonyl (C=O) groups is 1. The van der Waals surface area contributed by atoms with Gasteiger partial charge in [0.2, 0.25) is 0 Å². The molecule has 2 atom stereocenters. The smallest absolute Gasteiger partial charge is 0.306 e. The van der Waals surface area contributed by atoms with Gasteiger partial charge in [0, 0.05) is 12.5 Å². The largest absolute Gasteiger partial charge is 0.469 e. The number of ether oxygens (including phenoxy) is 1. The summed E-state index contributed by atoms with van der Waals surface area (Å²) in [5.74, 6) is -0.158. The molecular formula is C17H23NO2S. The van der Waals surface area contributed by atoms with E-state index < -0.39 is 0 Å². The van der Waals surface area contributed by atoms with Crippen LogP contribution in [0.15, 0.2) is 24.3 Å². The second-order valence-corrected chi connectivity index (χ2v) is 6.20. The quantitative estimate of drug-likeness (QED) is 0.627. The van der Waals surface area contributed by atoms with Crippen LogP contribution in [-0.4, -0.2) is 29.5 Å². The molecular weight excluding hydrogens is 282 g/mol. The third-order valence-corrected chi connectivity index (χ3v) is 4.72. The molecule has 0 N–H and O–H groups in total. The van der Waals surface area contributed by atoms with Crippen molar-refractivity contribution in [3.05, 3.63) is 35.4 Å². The molecule has 21 heavy (non-hydrogen) atoms. The zero-order valence-electron chi connectivity index (χ0n) is 13.0. The van der Waals surface area contributed by atoms with Crippen molar-refractivity contribution in [2.24, 2.45) is 5.92 Å². The highest BCUT2D eigenvalue weighted by Gasteiger charge is 2.30. The van der Waals surface area contributed by atoms with Gasteiger partial charge in [0.25, 0.3) is 0 Å². The molecule has 0 saturated carbocycles. The van der Waals surface area contributed by atoms with Gasteiger partial charge in [0.05, 0.1) is 24.6 Å². The standard InChI is InChI=1S/C17H23NO2S/c1-12-6-4-7-14(10-12)15-8-5-9-18(15)17(21)13(2)11-16(19)20-3/h4,6-7,10,13,15H,5,8-9,11H2,1-3H3/t13-,15?/m1/s1. The molecule has 0 bridgehead atoms. The van der Waals surface area contributed by atoms with E-state index >= 15 is 0 Å². The lowest BCUT2D eigenvalue weighted by molar-refractivity contribution is -0.141. The number of thiocarbonyl (C=S) groups is 1. The predicted octanol–water partition coefficient (Wildman–Crippen LogP) is 3.66. The van der Waals surface area contributed by atoms with Crippen LogP contribution in [0.25, 0.3) is 0 Å². The minimum Gasteiger partial charge on any atom is -0.469 e. The average molecular weight is 305 g/mol. The first-order valence-corrected chi connectivity index (χ1v) is 7.87. The van der Waals surface area contributed by atoms with Crippen LogP contribution in [0, 0.1) is 12.8 Å². The molecule has 2 rings (SSSR count). The van der Waals surface area contributed by atoms with Crippen molar-refractivity contribution in [1.29, 1.82) is 0 Å². The van der Waals surface area contributed by atoms with Crippen molar-refractivity contribution in [2.75, 3.05) is 13.7 Å². The highest BCUT2D eigenvalue weighted by Crippen LogP contribution is 2.34. The molecule has 1 aromatic carbocycles. The Kier molecular flexibility index (Phi) is 5.34. The summed E-state index contributed by atoms with van der Waals surface area (Å²) in [6.45, 7) is 5.09. The van der Waals surface area contributed by atoms with Crippen molar-refractivity contribution >= 4 is 23.2 Å². The first-order valence-electron chi connectivity index (χ1n) is 7.46. The highest BCUT2D eigenvalue weighted by molar-refractivity contribution is 7.80. The lowest BCUT2D eigenvalue weighted by atomic mass is 10.0. The van der Waals surface area contributed by atoms with E-state index in [0.29, 0.717) is 12.5 Å². The van der Waals surface area contributed by atoms with E-state index in [1.165, 1.54) is 18.2 Å². The first-order chi connectivity index (χ1) is 10.0. The molecule has 1 saturated heterocycles. The minimum atomic E-state index is -0.198. The van der Waals surface area contributed by atoms with Gasteiger partial charge in [-0.25, -0.2) is 0 Å². The van der Waals surface area contributed by atoms with Gasteiger partial charge in [-0.15, -0.1) is 0 Å². The number of carbonyl (C=O) groups excluding carboxylic acids is 1. The fraction of sp³-hybridized carbons (Fsp3) is 0.529. The number of rotatable bonds is 4. The van der Waals surface area contributed by atoms with Gasteiger partial charge in [-0.05, 0) is 25.3 Å². The van der Waals surface area contributed by atoms with Crippen LogP contribution in [0.3, 0.4) is 0 Å². The van der Waals surface area contributed by atoms with E-state index in [0.717, 1.165) is 24.4 Å². The number of esters is 1. The van der Waals surface area contributed by atoms with E-state index in [4.69, 9.17) is 17.0 Å². The second-order valence-electron chi connectivity index (χ2n) is 5.79. The van der Waals surface area contributed by atoms with E-state index in [2.05, 4.69) is 36.1 Å². The van der Waals surface area contributed by atoms with Crippen LogP contribution in [0.4, 0.5) is 0 Å². The van der Waals surface area contributed by atoms with E-state index in [1.54, 1.807) is 0 Å². The molecule has 0 aromatic heterocycles. The molecule has 0 radical (unpaired) electrons. The van der Waals surface area contributed by atoms with Crippen molar-refractivity contribution in [2.45, 2.75) is 39.2 Å². The molecule has 4 heteroatoms. The molecule has 0 amide bonds. The lowest BCUT2D eigenvalue weighted by Crippen LogP contribution is -2.34. The molecule has 1 aliphatic rings. The van der Waals surface area contributed by atoms with Crippen molar-refractivity contribution < 1.29 is 9.53 Å². The van der Waals surface area contributed by atoms with Crippen LogP contribution >= 0.6 is 12.2 Å². The third kappa shape index (κ3) is 3.82. The van der Waals surface area contributed by atoms with Crippen molar-refractivity contribution in [3.63, 3.8) is 0 Å². The van der Waals surface area contributed by atoms with Gasteiger partial charge in [0.15, 0.2) is 0 Å². The maximum atomic E-state index is 11.4. The van der Waals surface area contributed by atoms with Gasteiger partial charge < -0.3 is 9.64 Å². The van der Waals surface area contributed by atoms with Crippen molar-refractivity contribution in [3.8, 4) is 0 Å². The molecule has 1 unspecified atom stereocenters. The van der Waals surface area contributed by atoms with Crippen LogP contribution in [0.1, 0.15) is 43.4 Å². The summed E-state index contributed by atoms with van der Waals surface area (Å²) < 4.78 is 4.74. The Morgan fingerprint density at radius 1 is 1.52 bits per heavy atom. The second kappa shape index (κ2) is 7.03. The van der Waals surface area contributed by atoms with Gasteiger partial charge in [-0.2, -0.15) is 0 Å². The summed E-state index contributed by atoms with van der Waals surface area (Å²) in [7, 11) is 1.42. The Morgan fingerprint density at radius 2 is 2.29 bits per heavy atom. The SMILES string of the molecule is COC(=O)C[C@@H](C)C(=S)N1CCCC1c1cccc(C)c1. The van der Waals surface area contributed by atoms with Gasteiger partial charge in [-0.3, -0.25) is 4.79 Å². The molecule has 1 aliphatic heterocycles. The minimum absolute atomic E-state index is 0.0397.